The molecule has 5 N–H and O–H groups in total. The normalized spacial score (nSPS) is 13.3. The maximum absolute atomic E-state index is 11.9. The van der Waals surface area contributed by atoms with Gasteiger partial charge in [-0.05, 0) is 36.8 Å². The van der Waals surface area contributed by atoms with Gasteiger partial charge < -0.3 is 30.6 Å². The second-order valence-corrected chi connectivity index (χ2v) is 7.11. The van der Waals surface area contributed by atoms with Crippen LogP contribution in [0.4, 0.5) is 11.4 Å². The Kier molecular flexibility index (Phi) is 5.58. The van der Waals surface area contributed by atoms with Crippen LogP contribution in [-0.2, 0) is 0 Å². The molecule has 0 aliphatic carbocycles. The molecule has 2 atom stereocenters. The molecule has 0 bridgehead atoms. The number of nitrogens with two attached hydrogens (primary N) is 1. The zero-order valence-corrected chi connectivity index (χ0v) is 16.3. The van der Waals surface area contributed by atoms with E-state index in [1.165, 1.54) is 0 Å². The van der Waals surface area contributed by atoms with E-state index in [0.29, 0.717) is 11.3 Å². The summed E-state index contributed by atoms with van der Waals surface area (Å²) in [6.45, 7) is 1.30. The molecule has 1 aromatic carbocycles. The number of fused-ring (bicyclic) bond motifs is 1. The van der Waals surface area contributed by atoms with Crippen molar-refractivity contribution in [2.24, 2.45) is 5.73 Å². The standard InChI is InChI=1S/C21H26N4O3/c1-13(27)18(12-26)23-20-17(21(22)28)8-9-25-11-15(10-19(20)25)14-4-6-16(7-5-14)24(2)3/h4-11,13,18,23,26-27H,12H2,1-3H3,(H2,22,28)/t13-,18-/m1/s1. The van der Waals surface area contributed by atoms with Crippen LogP contribution in [0, 0.1) is 0 Å². The highest BCUT2D eigenvalue weighted by Gasteiger charge is 2.20. The molecule has 0 radical (unpaired) electrons. The number of nitrogens with one attached hydrogen (secondary N) is 1. The van der Waals surface area contributed by atoms with E-state index in [4.69, 9.17) is 5.73 Å². The van der Waals surface area contributed by atoms with Crippen molar-refractivity contribution < 1.29 is 15.0 Å². The minimum atomic E-state index is -0.806. The summed E-state index contributed by atoms with van der Waals surface area (Å²) in [7, 11) is 3.98. The van der Waals surface area contributed by atoms with Gasteiger partial charge >= 0.3 is 0 Å². The van der Waals surface area contributed by atoms with Gasteiger partial charge in [-0.15, -0.1) is 0 Å². The summed E-state index contributed by atoms with van der Waals surface area (Å²) in [4.78, 5) is 14.0. The summed E-state index contributed by atoms with van der Waals surface area (Å²) < 4.78 is 1.89. The Hall–Kier alpha value is -3.03. The number of aliphatic hydroxyl groups excluding tert-OH is 2. The zero-order valence-electron chi connectivity index (χ0n) is 16.3. The first-order chi connectivity index (χ1) is 13.3. The van der Waals surface area contributed by atoms with Crippen molar-refractivity contribution in [1.82, 2.24) is 4.40 Å². The van der Waals surface area contributed by atoms with Crippen molar-refractivity contribution in [2.75, 3.05) is 30.9 Å². The number of hydrogen-bond acceptors (Lipinski definition) is 5. The molecule has 7 heteroatoms. The molecule has 3 aromatic rings. The Morgan fingerprint density at radius 1 is 1.21 bits per heavy atom. The highest BCUT2D eigenvalue weighted by atomic mass is 16.3. The first-order valence-corrected chi connectivity index (χ1v) is 9.09. The minimum absolute atomic E-state index is 0.281. The smallest absolute Gasteiger partial charge is 0.250 e. The summed E-state index contributed by atoms with van der Waals surface area (Å²) >= 11 is 0. The number of aromatic nitrogens is 1. The Morgan fingerprint density at radius 3 is 2.43 bits per heavy atom. The molecule has 0 fully saturated rings. The van der Waals surface area contributed by atoms with Gasteiger partial charge in [-0.1, -0.05) is 12.1 Å². The minimum Gasteiger partial charge on any atom is -0.394 e. The van der Waals surface area contributed by atoms with E-state index in [-0.39, 0.29) is 6.61 Å². The summed E-state index contributed by atoms with van der Waals surface area (Å²) in [5.41, 5.74) is 10.2. The average Bonchev–Trinajstić information content (AvgIpc) is 3.10. The Morgan fingerprint density at radius 2 is 1.89 bits per heavy atom. The van der Waals surface area contributed by atoms with E-state index in [2.05, 4.69) is 5.32 Å². The lowest BCUT2D eigenvalue weighted by molar-refractivity contribution is 0.0999. The second kappa shape index (κ2) is 7.92. The van der Waals surface area contributed by atoms with Crippen molar-refractivity contribution in [3.63, 3.8) is 0 Å². The highest BCUT2D eigenvalue weighted by Crippen LogP contribution is 2.30. The second-order valence-electron chi connectivity index (χ2n) is 7.11. The van der Waals surface area contributed by atoms with Gasteiger partial charge in [0.1, 0.15) is 0 Å². The van der Waals surface area contributed by atoms with Crippen LogP contribution in [0.1, 0.15) is 17.3 Å². The maximum Gasteiger partial charge on any atom is 0.250 e. The number of benzene rings is 1. The molecule has 1 amide bonds. The molecule has 7 nitrogen and oxygen atoms in total. The fourth-order valence-electron chi connectivity index (χ4n) is 3.15. The number of pyridine rings is 1. The first-order valence-electron chi connectivity index (χ1n) is 9.09. The molecule has 0 spiro atoms. The quantitative estimate of drug-likeness (QED) is 0.500. The SMILES string of the molecule is C[C@@H](O)[C@@H](CO)Nc1c(C(N)=O)ccn2cc(-c3ccc(N(C)C)cc3)cc12. The van der Waals surface area contributed by atoms with Crippen LogP contribution >= 0.6 is 0 Å². The van der Waals surface area contributed by atoms with Gasteiger partial charge in [-0.25, -0.2) is 0 Å². The average molecular weight is 382 g/mol. The van der Waals surface area contributed by atoms with Crippen molar-refractivity contribution in [2.45, 2.75) is 19.1 Å². The topological polar surface area (TPSA) is 103 Å². The van der Waals surface area contributed by atoms with Crippen molar-refractivity contribution in [1.29, 1.82) is 0 Å². The van der Waals surface area contributed by atoms with Gasteiger partial charge in [0.15, 0.2) is 0 Å². The van der Waals surface area contributed by atoms with Crippen LogP contribution < -0.4 is 16.0 Å². The predicted molar refractivity (Wildman–Crippen MR) is 112 cm³/mol. The molecule has 0 aliphatic rings. The van der Waals surface area contributed by atoms with Crippen LogP contribution in [0.3, 0.4) is 0 Å². The molecule has 2 heterocycles. The van der Waals surface area contributed by atoms with Crippen molar-refractivity contribution in [3.8, 4) is 11.1 Å². The van der Waals surface area contributed by atoms with E-state index < -0.39 is 18.1 Å². The van der Waals surface area contributed by atoms with Crippen LogP contribution in [0.5, 0.6) is 0 Å². The number of carbonyl (C=O) groups is 1. The summed E-state index contributed by atoms with van der Waals surface area (Å²) in [5.74, 6) is -0.578. The van der Waals surface area contributed by atoms with E-state index in [9.17, 15) is 15.0 Å². The number of amides is 1. The summed E-state index contributed by atoms with van der Waals surface area (Å²) in [5, 5.41) is 22.5. The molecule has 0 saturated carbocycles. The number of anilines is 2. The fourth-order valence-corrected chi connectivity index (χ4v) is 3.15. The van der Waals surface area contributed by atoms with E-state index in [1.54, 1.807) is 19.2 Å². The number of hydrogen-bond donors (Lipinski definition) is 4. The van der Waals surface area contributed by atoms with Gasteiger partial charge in [0, 0.05) is 37.7 Å². The van der Waals surface area contributed by atoms with Gasteiger partial charge in [0.2, 0.25) is 0 Å². The lowest BCUT2D eigenvalue weighted by Gasteiger charge is -2.22. The first kappa shape index (κ1) is 19.7. The Bertz CT molecular complexity index is 977. The van der Waals surface area contributed by atoms with Crippen LogP contribution in [0.25, 0.3) is 16.6 Å². The monoisotopic (exact) mass is 382 g/mol. The molecule has 28 heavy (non-hydrogen) atoms. The molecule has 148 valence electrons. The molecule has 0 aliphatic heterocycles. The van der Waals surface area contributed by atoms with Gasteiger partial charge in [-0.2, -0.15) is 0 Å². The third-order valence-corrected chi connectivity index (χ3v) is 4.87. The third kappa shape index (κ3) is 3.81. The molecule has 2 aromatic heterocycles. The highest BCUT2D eigenvalue weighted by molar-refractivity contribution is 6.02. The number of rotatable bonds is 7. The van der Waals surface area contributed by atoms with Crippen LogP contribution in [0.15, 0.2) is 48.8 Å². The van der Waals surface area contributed by atoms with Crippen molar-refractivity contribution in [3.05, 3.63) is 54.4 Å². The zero-order chi connectivity index (χ0) is 20.4. The lowest BCUT2D eigenvalue weighted by Crippen LogP contribution is -2.35. The van der Waals surface area contributed by atoms with E-state index in [1.807, 2.05) is 59.9 Å². The fraction of sp³-hybridized carbons (Fsp3) is 0.286. The van der Waals surface area contributed by atoms with E-state index >= 15 is 0 Å². The van der Waals surface area contributed by atoms with Crippen LogP contribution in [0.2, 0.25) is 0 Å². The van der Waals surface area contributed by atoms with Gasteiger partial charge in [0.05, 0.1) is 35.5 Å². The van der Waals surface area contributed by atoms with Gasteiger partial charge in [-0.3, -0.25) is 4.79 Å². The lowest BCUT2D eigenvalue weighted by atomic mass is 10.1. The maximum atomic E-state index is 11.9. The molecular formula is C21H26N4O3. The van der Waals surface area contributed by atoms with Gasteiger partial charge in [0.25, 0.3) is 5.91 Å². The number of nitrogens with zero attached hydrogens (tertiary/aromatic N) is 2. The number of carbonyl (C=O) groups excluding carboxylic acids is 1. The molecule has 0 saturated heterocycles. The van der Waals surface area contributed by atoms with E-state index in [0.717, 1.165) is 22.3 Å². The van der Waals surface area contributed by atoms with Crippen molar-refractivity contribution >= 4 is 22.8 Å². The summed E-state index contributed by atoms with van der Waals surface area (Å²) in [6, 6.07) is 11.1. The predicted octanol–water partition coefficient (Wildman–Crippen LogP) is 1.92. The molecular weight excluding hydrogens is 356 g/mol. The molecule has 3 rings (SSSR count). The largest absolute Gasteiger partial charge is 0.394 e. The van der Waals surface area contributed by atoms with Crippen LogP contribution in [-0.4, -0.2) is 53.4 Å². The Balaban J connectivity index is 2.09. The summed E-state index contributed by atoms with van der Waals surface area (Å²) in [6.07, 6.45) is 2.93. The third-order valence-electron chi connectivity index (χ3n) is 4.87. The number of primary amides is 1. The Labute approximate surface area is 164 Å². The number of aliphatic hydroxyl groups is 2. The molecule has 0 unspecified atom stereocenters.